The first-order valence-electron chi connectivity index (χ1n) is 7.82. The van der Waals surface area contributed by atoms with Crippen LogP contribution in [0.4, 0.5) is 0 Å². The van der Waals surface area contributed by atoms with Crippen LogP contribution in [-0.2, 0) is 9.59 Å². The predicted molar refractivity (Wildman–Crippen MR) is 108 cm³/mol. The molecule has 1 aromatic heterocycles. The molecule has 2 aromatic rings. The highest BCUT2D eigenvalue weighted by Crippen LogP contribution is 2.37. The molecule has 0 saturated carbocycles. The molecular formula is C18H15NO4S3. The van der Waals surface area contributed by atoms with Gasteiger partial charge in [-0.1, -0.05) is 42.2 Å². The van der Waals surface area contributed by atoms with E-state index in [1.165, 1.54) is 28.0 Å². The first-order valence-corrected chi connectivity index (χ1v) is 9.92. The number of hydrogen-bond acceptors (Lipinski definition) is 6. The number of benzene rings is 1. The highest BCUT2D eigenvalue weighted by molar-refractivity contribution is 8.26. The molecule has 0 aliphatic carbocycles. The fourth-order valence-electron chi connectivity index (χ4n) is 2.31. The van der Waals surface area contributed by atoms with Crippen LogP contribution in [0.5, 0.6) is 11.5 Å². The number of rotatable bonds is 7. The molecule has 1 aromatic carbocycles. The topological polar surface area (TPSA) is 66.8 Å². The third kappa shape index (κ3) is 4.51. The minimum absolute atomic E-state index is 0.0100. The van der Waals surface area contributed by atoms with Crippen molar-refractivity contribution in [2.75, 3.05) is 6.54 Å². The van der Waals surface area contributed by atoms with E-state index in [0.29, 0.717) is 27.9 Å². The van der Waals surface area contributed by atoms with Crippen molar-refractivity contribution in [2.24, 2.45) is 0 Å². The summed E-state index contributed by atoms with van der Waals surface area (Å²) in [6, 6.07) is 11.3. The number of carboxylic acid groups (broad SMARTS) is 1. The average molecular weight is 406 g/mol. The molecule has 26 heavy (non-hydrogen) atoms. The van der Waals surface area contributed by atoms with Crippen molar-refractivity contribution in [1.82, 2.24) is 4.90 Å². The second kappa shape index (κ2) is 8.48. The van der Waals surface area contributed by atoms with Crippen LogP contribution in [0.25, 0.3) is 6.08 Å². The fraction of sp³-hybridized carbons (Fsp3) is 0.167. The minimum Gasteiger partial charge on any atom is -0.481 e. The second-order valence-corrected chi connectivity index (χ2v) is 8.02. The first kappa shape index (κ1) is 18.6. The molecule has 1 amide bonds. The lowest BCUT2D eigenvalue weighted by Gasteiger charge is -2.13. The highest BCUT2D eigenvalue weighted by atomic mass is 32.2. The van der Waals surface area contributed by atoms with Crippen LogP contribution < -0.4 is 4.74 Å². The molecule has 134 valence electrons. The summed E-state index contributed by atoms with van der Waals surface area (Å²) in [7, 11) is 0. The van der Waals surface area contributed by atoms with E-state index in [4.69, 9.17) is 22.1 Å². The minimum atomic E-state index is -0.882. The lowest BCUT2D eigenvalue weighted by Crippen LogP contribution is -2.29. The van der Waals surface area contributed by atoms with Gasteiger partial charge in [-0.15, -0.1) is 11.3 Å². The molecule has 8 heteroatoms. The Morgan fingerprint density at radius 3 is 2.77 bits per heavy atom. The largest absolute Gasteiger partial charge is 0.481 e. The van der Waals surface area contributed by atoms with Gasteiger partial charge in [-0.05, 0) is 36.1 Å². The zero-order chi connectivity index (χ0) is 18.5. The zero-order valence-corrected chi connectivity index (χ0v) is 16.0. The maximum atomic E-state index is 12.6. The first-order chi connectivity index (χ1) is 12.5. The molecule has 1 N–H and O–H groups in total. The lowest BCUT2D eigenvalue weighted by molar-refractivity contribution is -0.137. The Hall–Kier alpha value is -2.16. The Labute approximate surface area is 164 Å². The van der Waals surface area contributed by atoms with Crippen LogP contribution in [0, 0.1) is 0 Å². The van der Waals surface area contributed by atoms with Crippen molar-refractivity contribution in [2.45, 2.75) is 12.8 Å². The summed E-state index contributed by atoms with van der Waals surface area (Å²) in [5.74, 6) is 0.329. The van der Waals surface area contributed by atoms with Gasteiger partial charge in [-0.3, -0.25) is 14.5 Å². The number of thiophene rings is 1. The lowest BCUT2D eigenvalue weighted by atomic mass is 10.3. The van der Waals surface area contributed by atoms with E-state index >= 15 is 0 Å². The molecule has 0 atom stereocenters. The van der Waals surface area contributed by atoms with Gasteiger partial charge in [0.1, 0.15) is 15.8 Å². The number of amides is 1. The van der Waals surface area contributed by atoms with Gasteiger partial charge in [0.05, 0.1) is 9.78 Å². The van der Waals surface area contributed by atoms with Crippen molar-refractivity contribution in [3.63, 3.8) is 0 Å². The van der Waals surface area contributed by atoms with Gasteiger partial charge in [0.2, 0.25) is 0 Å². The number of para-hydroxylation sites is 1. The number of thiocarbonyl (C=S) groups is 1. The van der Waals surface area contributed by atoms with Crippen LogP contribution >= 0.6 is 35.3 Å². The average Bonchev–Trinajstić information content (AvgIpc) is 3.15. The molecule has 0 radical (unpaired) electrons. The molecule has 0 bridgehead atoms. The van der Waals surface area contributed by atoms with E-state index in [-0.39, 0.29) is 12.3 Å². The normalized spacial score (nSPS) is 15.7. The monoisotopic (exact) mass is 405 g/mol. The number of nitrogens with zero attached hydrogens (tertiary/aromatic N) is 1. The van der Waals surface area contributed by atoms with Crippen molar-refractivity contribution in [1.29, 1.82) is 0 Å². The Morgan fingerprint density at radius 1 is 1.27 bits per heavy atom. The summed E-state index contributed by atoms with van der Waals surface area (Å²) in [5, 5.41) is 10.6. The number of carbonyl (C=O) groups excluding carboxylic acids is 1. The molecule has 0 spiro atoms. The van der Waals surface area contributed by atoms with E-state index in [1.54, 1.807) is 6.08 Å². The highest BCUT2D eigenvalue weighted by Gasteiger charge is 2.32. The van der Waals surface area contributed by atoms with Gasteiger partial charge in [-0.25, -0.2) is 0 Å². The van der Waals surface area contributed by atoms with Crippen LogP contribution in [-0.4, -0.2) is 32.7 Å². The van der Waals surface area contributed by atoms with E-state index < -0.39 is 5.97 Å². The van der Waals surface area contributed by atoms with Crippen molar-refractivity contribution >= 4 is 57.6 Å². The van der Waals surface area contributed by atoms with Gasteiger partial charge < -0.3 is 9.84 Å². The number of thioether (sulfide) groups is 1. The van der Waals surface area contributed by atoms with Crippen molar-refractivity contribution in [3.8, 4) is 11.5 Å². The molecule has 1 aliphatic heterocycles. The van der Waals surface area contributed by atoms with E-state index in [1.807, 2.05) is 41.8 Å². The maximum Gasteiger partial charge on any atom is 0.303 e. The number of carboxylic acids is 1. The number of ether oxygens (including phenoxy) is 1. The quantitative estimate of drug-likeness (QED) is 0.536. The summed E-state index contributed by atoms with van der Waals surface area (Å²) in [6.45, 7) is 0.312. The Bertz CT molecular complexity index is 860. The predicted octanol–water partition coefficient (Wildman–Crippen LogP) is 4.61. The molecule has 2 heterocycles. The number of aliphatic carboxylic acids is 1. The van der Waals surface area contributed by atoms with E-state index in [0.717, 1.165) is 10.6 Å². The van der Waals surface area contributed by atoms with Crippen LogP contribution in [0.1, 0.15) is 17.7 Å². The van der Waals surface area contributed by atoms with Gasteiger partial charge in [0.25, 0.3) is 5.91 Å². The summed E-state index contributed by atoms with van der Waals surface area (Å²) >= 11 is 7.96. The second-order valence-electron chi connectivity index (χ2n) is 5.39. The molecule has 1 saturated heterocycles. The third-order valence-electron chi connectivity index (χ3n) is 3.54. The van der Waals surface area contributed by atoms with Gasteiger partial charge in [0, 0.05) is 13.0 Å². The molecular weight excluding hydrogens is 390 g/mol. The van der Waals surface area contributed by atoms with E-state index in [2.05, 4.69) is 0 Å². The van der Waals surface area contributed by atoms with Crippen LogP contribution in [0.3, 0.4) is 0 Å². The van der Waals surface area contributed by atoms with Crippen LogP contribution in [0.15, 0.2) is 46.7 Å². The molecule has 1 aliphatic rings. The van der Waals surface area contributed by atoms with E-state index in [9.17, 15) is 9.59 Å². The van der Waals surface area contributed by atoms with Crippen molar-refractivity contribution in [3.05, 3.63) is 51.6 Å². The Kier molecular flexibility index (Phi) is 6.08. The summed E-state index contributed by atoms with van der Waals surface area (Å²) in [5.41, 5.74) is 0. The Morgan fingerprint density at radius 2 is 2.04 bits per heavy atom. The third-order valence-corrected chi connectivity index (χ3v) is 5.76. The summed E-state index contributed by atoms with van der Waals surface area (Å²) < 4.78 is 6.33. The van der Waals surface area contributed by atoms with Gasteiger partial charge >= 0.3 is 5.97 Å². The van der Waals surface area contributed by atoms with Gasteiger partial charge in [0.15, 0.2) is 0 Å². The fourth-order valence-corrected chi connectivity index (χ4v) is 4.43. The van der Waals surface area contributed by atoms with Crippen molar-refractivity contribution < 1.29 is 19.4 Å². The summed E-state index contributed by atoms with van der Waals surface area (Å²) in [4.78, 5) is 26.0. The molecule has 1 fully saturated rings. The Balaban J connectivity index is 1.73. The molecule has 5 nitrogen and oxygen atoms in total. The zero-order valence-electron chi connectivity index (χ0n) is 13.6. The molecule has 3 rings (SSSR count). The van der Waals surface area contributed by atoms with Crippen LogP contribution in [0.2, 0.25) is 0 Å². The van der Waals surface area contributed by atoms with Gasteiger partial charge in [-0.2, -0.15) is 0 Å². The SMILES string of the molecule is O=C(O)CCCN1C(=O)/C(=C\c2sccc2Oc2ccccc2)SC1=S. The molecule has 0 unspecified atom stereocenters. The smallest absolute Gasteiger partial charge is 0.303 e. The summed E-state index contributed by atoms with van der Waals surface area (Å²) in [6.07, 6.45) is 2.16. The maximum absolute atomic E-state index is 12.6. The standard InChI is InChI=1S/C18H15NO4S3/c20-16(21)7-4-9-19-17(22)15(26-18(19)24)11-14-13(8-10-25-14)23-12-5-2-1-3-6-12/h1-3,5-6,8,10-11H,4,7,9H2,(H,20,21)/b15-11+. The number of carbonyl (C=O) groups is 2. The number of hydrogen-bond donors (Lipinski definition) is 1.